The fourth-order valence-corrected chi connectivity index (χ4v) is 2.96. The molecule has 32 heavy (non-hydrogen) atoms. The number of nitrogens with one attached hydrogen (secondary N) is 1. The van der Waals surface area contributed by atoms with Crippen LogP contribution in [0.5, 0.6) is 0 Å². The van der Waals surface area contributed by atoms with Crippen molar-refractivity contribution in [2.75, 3.05) is 19.0 Å². The predicted molar refractivity (Wildman–Crippen MR) is 104 cm³/mol. The van der Waals surface area contributed by atoms with E-state index in [0.717, 1.165) is 27.7 Å². The van der Waals surface area contributed by atoms with E-state index in [1.165, 1.54) is 0 Å². The molecule has 0 aromatic carbocycles. The average molecular weight is 482 g/mol. The number of esters is 4. The van der Waals surface area contributed by atoms with E-state index in [-0.39, 0.29) is 12.4 Å². The van der Waals surface area contributed by atoms with Crippen molar-refractivity contribution >= 4 is 41.5 Å². The van der Waals surface area contributed by atoms with Crippen molar-refractivity contribution in [3.05, 3.63) is 4.91 Å². The maximum atomic E-state index is 12.4. The van der Waals surface area contributed by atoms with E-state index in [1.54, 1.807) is 0 Å². The molecule has 1 fully saturated rings. The third-order valence-electron chi connectivity index (χ3n) is 3.89. The van der Waals surface area contributed by atoms with Gasteiger partial charge in [0.1, 0.15) is 12.7 Å². The second-order valence-corrected chi connectivity index (χ2v) is 6.84. The first kappa shape index (κ1) is 27.0. The lowest BCUT2D eigenvalue weighted by Crippen LogP contribution is -2.66. The van der Waals surface area contributed by atoms with Gasteiger partial charge >= 0.3 is 29.9 Å². The van der Waals surface area contributed by atoms with Crippen LogP contribution in [0, 0.1) is 4.91 Å². The molecule has 0 radical (unpaired) electrons. The van der Waals surface area contributed by atoms with Gasteiger partial charge in [-0.3, -0.25) is 19.2 Å². The van der Waals surface area contributed by atoms with Crippen LogP contribution in [0.3, 0.4) is 0 Å². The zero-order valence-electron chi connectivity index (χ0n) is 17.8. The van der Waals surface area contributed by atoms with Gasteiger partial charge in [-0.05, 0) is 0 Å². The molecule has 14 nitrogen and oxygen atoms in total. The van der Waals surface area contributed by atoms with Crippen molar-refractivity contribution in [1.82, 2.24) is 10.3 Å². The average Bonchev–Trinajstić information content (AvgIpc) is 2.67. The summed E-state index contributed by atoms with van der Waals surface area (Å²) in [7, 11) is 0. The number of amides is 2. The maximum Gasteiger partial charge on any atom is 0.342 e. The fraction of sp³-hybridized carbons (Fsp3) is 0.706. The first-order valence-electron chi connectivity index (χ1n) is 9.27. The second kappa shape index (κ2) is 12.8. The first-order chi connectivity index (χ1) is 15.0. The molecular weight excluding hydrogens is 458 g/mol. The quantitative estimate of drug-likeness (QED) is 0.154. The number of rotatable bonds is 9. The monoisotopic (exact) mass is 481 g/mol. The molecule has 180 valence electrons. The maximum absolute atomic E-state index is 12.4. The summed E-state index contributed by atoms with van der Waals surface area (Å²) in [4.78, 5) is 69.6. The Labute approximate surface area is 187 Å². The van der Waals surface area contributed by atoms with Gasteiger partial charge < -0.3 is 29.0 Å². The Balaban J connectivity index is 3.36. The van der Waals surface area contributed by atoms with Gasteiger partial charge in [0.15, 0.2) is 24.5 Å². The number of alkyl halides is 1. The van der Waals surface area contributed by atoms with Crippen molar-refractivity contribution in [2.24, 2.45) is 5.29 Å². The summed E-state index contributed by atoms with van der Waals surface area (Å²) >= 11 is 5.53. The number of hydrogen-bond acceptors (Lipinski definition) is 12. The summed E-state index contributed by atoms with van der Waals surface area (Å²) in [6.45, 7) is 3.57. The van der Waals surface area contributed by atoms with Crippen molar-refractivity contribution in [3.63, 3.8) is 0 Å². The molecule has 0 saturated carbocycles. The zero-order chi connectivity index (χ0) is 24.4. The summed E-state index contributed by atoms with van der Waals surface area (Å²) in [6, 6.07) is -1.07. The van der Waals surface area contributed by atoms with Gasteiger partial charge in [0.25, 0.3) is 0 Å². The Morgan fingerprint density at radius 3 is 1.91 bits per heavy atom. The lowest BCUT2D eigenvalue weighted by atomic mass is 9.97. The third-order valence-corrected chi connectivity index (χ3v) is 4.05. The molecule has 0 spiro atoms. The number of ether oxygens (including phenoxy) is 5. The van der Waals surface area contributed by atoms with Crippen LogP contribution in [0.4, 0.5) is 4.79 Å². The second-order valence-electron chi connectivity index (χ2n) is 6.46. The van der Waals surface area contributed by atoms with E-state index in [4.69, 9.17) is 35.3 Å². The number of nitroso groups, excluding NO2 is 1. The molecule has 0 aliphatic carbocycles. The van der Waals surface area contributed by atoms with Crippen LogP contribution >= 0.6 is 11.6 Å². The van der Waals surface area contributed by atoms with E-state index >= 15 is 0 Å². The number of hydrogen-bond donors (Lipinski definition) is 1. The first-order valence-corrected chi connectivity index (χ1v) is 9.81. The van der Waals surface area contributed by atoms with E-state index in [0.29, 0.717) is 5.01 Å². The van der Waals surface area contributed by atoms with Crippen molar-refractivity contribution in [3.8, 4) is 0 Å². The molecule has 0 aromatic heterocycles. The minimum atomic E-state index is -1.53. The molecule has 1 heterocycles. The summed E-state index contributed by atoms with van der Waals surface area (Å²) < 4.78 is 26.1. The summed E-state index contributed by atoms with van der Waals surface area (Å²) in [5, 5.41) is 5.24. The van der Waals surface area contributed by atoms with Gasteiger partial charge in [-0.1, -0.05) is 0 Å². The standard InChI is InChI=1S/C17H24ClN3O11/c1-8(22)28-7-12-13(29-9(2)23)14(30-10(3)24)15(31-11(4)25)16(32-12)19-17(26)21(20-27)6-5-18/h12-16H,5-7H2,1-4H3,(H,19,26). The molecule has 1 rings (SSSR count). The van der Waals surface area contributed by atoms with Crippen LogP contribution in [-0.2, 0) is 42.9 Å². The highest BCUT2D eigenvalue weighted by atomic mass is 35.5. The molecule has 5 atom stereocenters. The van der Waals surface area contributed by atoms with Gasteiger partial charge in [-0.2, -0.15) is 5.01 Å². The normalized spacial score (nSPS) is 24.5. The Hall–Kier alpha value is -3.00. The molecular formula is C17H24ClN3O11. The topological polar surface area (TPSA) is 176 Å². The van der Waals surface area contributed by atoms with Crippen LogP contribution in [-0.4, -0.2) is 84.6 Å². The summed E-state index contributed by atoms with van der Waals surface area (Å²) in [5.41, 5.74) is 0. The Morgan fingerprint density at radius 1 is 0.906 bits per heavy atom. The highest BCUT2D eigenvalue weighted by Crippen LogP contribution is 2.28. The van der Waals surface area contributed by atoms with E-state index in [2.05, 4.69) is 10.6 Å². The van der Waals surface area contributed by atoms with Gasteiger partial charge in [0, 0.05) is 33.6 Å². The number of nitrogens with zero attached hydrogens (tertiary/aromatic N) is 2. The van der Waals surface area contributed by atoms with Crippen LogP contribution in [0.15, 0.2) is 5.29 Å². The number of halogens is 1. The van der Waals surface area contributed by atoms with Crippen LogP contribution in [0.2, 0.25) is 0 Å². The van der Waals surface area contributed by atoms with Crippen molar-refractivity contribution in [2.45, 2.75) is 58.3 Å². The molecule has 0 bridgehead atoms. The van der Waals surface area contributed by atoms with Gasteiger partial charge in [-0.25, -0.2) is 4.79 Å². The number of urea groups is 1. The predicted octanol–water partition coefficient (Wildman–Crippen LogP) is 0.00130. The molecule has 1 N–H and O–H groups in total. The minimum absolute atomic E-state index is 0.113. The van der Waals surface area contributed by atoms with Gasteiger partial charge in [0.05, 0.1) is 11.8 Å². The van der Waals surface area contributed by atoms with Crippen LogP contribution in [0.1, 0.15) is 27.7 Å². The van der Waals surface area contributed by atoms with Crippen molar-refractivity contribution in [1.29, 1.82) is 0 Å². The Bertz CT molecular complexity index is 735. The Morgan fingerprint density at radius 2 is 1.44 bits per heavy atom. The fourth-order valence-electron chi connectivity index (χ4n) is 2.80. The van der Waals surface area contributed by atoms with E-state index in [1.807, 2.05) is 0 Å². The van der Waals surface area contributed by atoms with Gasteiger partial charge in [0.2, 0.25) is 0 Å². The lowest BCUT2D eigenvalue weighted by Gasteiger charge is -2.44. The third kappa shape index (κ3) is 8.26. The van der Waals surface area contributed by atoms with Crippen LogP contribution < -0.4 is 5.32 Å². The smallest absolute Gasteiger partial charge is 0.342 e. The molecule has 15 heteroatoms. The molecule has 1 aliphatic rings. The van der Waals surface area contributed by atoms with Gasteiger partial charge in [-0.15, -0.1) is 16.5 Å². The molecule has 1 aliphatic heterocycles. The largest absolute Gasteiger partial charge is 0.463 e. The molecule has 5 unspecified atom stereocenters. The Kier molecular flexibility index (Phi) is 10.8. The lowest BCUT2D eigenvalue weighted by molar-refractivity contribution is -0.255. The molecule has 0 aromatic rings. The number of carbonyl (C=O) groups is 5. The SMILES string of the molecule is CC(=O)OCC1OC(NC(=O)N(CCCl)N=O)C(OC(C)=O)C(OC(C)=O)C1OC(C)=O. The molecule has 2 amide bonds. The minimum Gasteiger partial charge on any atom is -0.463 e. The highest BCUT2D eigenvalue weighted by molar-refractivity contribution is 6.18. The highest BCUT2D eigenvalue weighted by Gasteiger charge is 2.52. The van der Waals surface area contributed by atoms with E-state index < -0.39 is 67.2 Å². The van der Waals surface area contributed by atoms with Crippen LogP contribution in [0.25, 0.3) is 0 Å². The summed E-state index contributed by atoms with van der Waals surface area (Å²) in [5.74, 6) is -3.29. The zero-order valence-corrected chi connectivity index (χ0v) is 18.5. The molecule has 1 saturated heterocycles. The van der Waals surface area contributed by atoms with E-state index in [9.17, 15) is 28.9 Å². The summed E-state index contributed by atoms with van der Waals surface area (Å²) in [6.07, 6.45) is -7.14. The number of carbonyl (C=O) groups excluding carboxylic acids is 5. The van der Waals surface area contributed by atoms with Crippen molar-refractivity contribution < 1.29 is 47.7 Å².